The number of ether oxygens (including phenoxy) is 1. The van der Waals surface area contributed by atoms with Crippen LogP contribution in [0.5, 0.6) is 0 Å². The Hall–Kier alpha value is -3.48. The number of anilines is 1. The summed E-state index contributed by atoms with van der Waals surface area (Å²) in [5.41, 5.74) is 3.27. The molecule has 3 rings (SSSR count). The Labute approximate surface area is 150 Å². The van der Waals surface area contributed by atoms with Crippen molar-refractivity contribution in [2.24, 2.45) is 0 Å². The molecule has 0 unspecified atom stereocenters. The van der Waals surface area contributed by atoms with E-state index in [2.05, 4.69) is 15.4 Å². The minimum Gasteiger partial charge on any atom is -0.452 e. The predicted octanol–water partition coefficient (Wildman–Crippen LogP) is 2.68. The fraction of sp³-hybridized carbons (Fsp3) is 0.158. The number of para-hydroxylation sites is 1. The highest BCUT2D eigenvalue weighted by Gasteiger charge is 2.16. The van der Waals surface area contributed by atoms with Crippen molar-refractivity contribution >= 4 is 17.6 Å². The summed E-state index contributed by atoms with van der Waals surface area (Å²) in [6.07, 6.45) is 2.94. The van der Waals surface area contributed by atoms with Crippen LogP contribution in [-0.2, 0) is 9.53 Å². The number of benzene rings is 1. The molecule has 7 heteroatoms. The molecule has 0 fully saturated rings. The van der Waals surface area contributed by atoms with Gasteiger partial charge in [0.1, 0.15) is 0 Å². The maximum absolute atomic E-state index is 12.2. The number of amides is 1. The van der Waals surface area contributed by atoms with Gasteiger partial charge >= 0.3 is 5.97 Å². The number of aryl methyl sites for hydroxylation is 1. The number of carbonyl (C=O) groups excluding carboxylic acids is 2. The maximum Gasteiger partial charge on any atom is 0.340 e. The molecule has 0 aliphatic carbocycles. The van der Waals surface area contributed by atoms with E-state index in [1.54, 1.807) is 23.0 Å². The van der Waals surface area contributed by atoms with Crippen molar-refractivity contribution in [2.75, 3.05) is 11.9 Å². The number of esters is 1. The summed E-state index contributed by atoms with van der Waals surface area (Å²) >= 11 is 0. The molecule has 2 heterocycles. The molecule has 0 radical (unpaired) electrons. The molecule has 3 aromatic rings. The standard InChI is InChI=1S/C19H18N4O3/c1-13-18(14(2)23(22-13)16-8-4-3-5-9-16)21-17(24)12-26-19(25)15-7-6-10-20-11-15/h3-11H,12H2,1-2H3,(H,21,24). The topological polar surface area (TPSA) is 86.1 Å². The van der Waals surface area contributed by atoms with Gasteiger partial charge in [0.2, 0.25) is 0 Å². The molecule has 1 aromatic carbocycles. The van der Waals surface area contributed by atoms with Gasteiger partial charge in [0, 0.05) is 12.4 Å². The van der Waals surface area contributed by atoms with Crippen LogP contribution in [0.15, 0.2) is 54.9 Å². The van der Waals surface area contributed by atoms with E-state index in [4.69, 9.17) is 4.74 Å². The fourth-order valence-corrected chi connectivity index (χ4v) is 2.52. The van der Waals surface area contributed by atoms with Crippen molar-refractivity contribution in [3.63, 3.8) is 0 Å². The van der Waals surface area contributed by atoms with Gasteiger partial charge < -0.3 is 10.1 Å². The molecule has 0 atom stereocenters. The van der Waals surface area contributed by atoms with Crippen LogP contribution < -0.4 is 5.32 Å². The van der Waals surface area contributed by atoms with Crippen LogP contribution in [-0.4, -0.2) is 33.2 Å². The van der Waals surface area contributed by atoms with Crippen LogP contribution in [0.25, 0.3) is 5.69 Å². The first kappa shape index (κ1) is 17.3. The van der Waals surface area contributed by atoms with Crippen molar-refractivity contribution in [1.82, 2.24) is 14.8 Å². The Morgan fingerprint density at radius 2 is 1.88 bits per heavy atom. The lowest BCUT2D eigenvalue weighted by atomic mass is 10.3. The number of nitrogens with zero attached hydrogens (tertiary/aromatic N) is 3. The van der Waals surface area contributed by atoms with Gasteiger partial charge in [-0.05, 0) is 38.1 Å². The van der Waals surface area contributed by atoms with E-state index < -0.39 is 11.9 Å². The summed E-state index contributed by atoms with van der Waals surface area (Å²) < 4.78 is 6.77. The molecule has 0 aliphatic rings. The minimum atomic E-state index is -0.596. The van der Waals surface area contributed by atoms with Crippen molar-refractivity contribution in [1.29, 1.82) is 0 Å². The predicted molar refractivity (Wildman–Crippen MR) is 96.2 cm³/mol. The Kier molecular flexibility index (Phi) is 5.07. The van der Waals surface area contributed by atoms with Crippen molar-refractivity contribution in [3.8, 4) is 5.69 Å². The molecule has 0 aliphatic heterocycles. The SMILES string of the molecule is Cc1nn(-c2ccccc2)c(C)c1NC(=O)COC(=O)c1cccnc1. The molecule has 7 nitrogen and oxygen atoms in total. The van der Waals surface area contributed by atoms with Crippen molar-refractivity contribution < 1.29 is 14.3 Å². The second-order valence-electron chi connectivity index (χ2n) is 5.66. The lowest BCUT2D eigenvalue weighted by Gasteiger charge is -2.08. The second kappa shape index (κ2) is 7.60. The molecule has 132 valence electrons. The first-order valence-corrected chi connectivity index (χ1v) is 8.05. The van der Waals surface area contributed by atoms with Crippen molar-refractivity contribution in [3.05, 3.63) is 71.8 Å². The van der Waals surface area contributed by atoms with E-state index in [1.807, 2.05) is 44.2 Å². The normalized spacial score (nSPS) is 10.4. The Morgan fingerprint density at radius 1 is 1.12 bits per heavy atom. The van der Waals surface area contributed by atoms with E-state index in [-0.39, 0.29) is 6.61 Å². The molecular weight excluding hydrogens is 332 g/mol. The summed E-state index contributed by atoms with van der Waals surface area (Å²) in [5.74, 6) is -1.03. The number of carbonyl (C=O) groups is 2. The molecule has 0 spiro atoms. The summed E-state index contributed by atoms with van der Waals surface area (Å²) in [6, 6.07) is 12.8. The van der Waals surface area contributed by atoms with Gasteiger partial charge in [-0.1, -0.05) is 18.2 Å². The van der Waals surface area contributed by atoms with Gasteiger partial charge in [0.25, 0.3) is 5.91 Å². The van der Waals surface area contributed by atoms with Crippen LogP contribution in [0.4, 0.5) is 5.69 Å². The molecule has 1 N–H and O–H groups in total. The summed E-state index contributed by atoms with van der Waals surface area (Å²) in [7, 11) is 0. The second-order valence-corrected chi connectivity index (χ2v) is 5.66. The number of pyridine rings is 1. The van der Waals surface area contributed by atoms with Gasteiger partial charge in [-0.25, -0.2) is 9.48 Å². The zero-order valence-electron chi connectivity index (χ0n) is 14.5. The average Bonchev–Trinajstić information content (AvgIpc) is 2.95. The first-order valence-electron chi connectivity index (χ1n) is 8.05. The summed E-state index contributed by atoms with van der Waals surface area (Å²) in [5, 5.41) is 7.22. The Balaban J connectivity index is 1.66. The van der Waals surface area contributed by atoms with Gasteiger partial charge in [-0.2, -0.15) is 5.10 Å². The van der Waals surface area contributed by atoms with E-state index in [0.29, 0.717) is 16.9 Å². The molecule has 26 heavy (non-hydrogen) atoms. The summed E-state index contributed by atoms with van der Waals surface area (Å²) in [4.78, 5) is 27.9. The van der Waals surface area contributed by atoms with Crippen LogP contribution >= 0.6 is 0 Å². The number of nitrogens with one attached hydrogen (secondary N) is 1. The quantitative estimate of drug-likeness (QED) is 0.715. The molecule has 0 saturated carbocycles. The average molecular weight is 350 g/mol. The van der Waals surface area contributed by atoms with E-state index in [1.165, 1.54) is 6.20 Å². The van der Waals surface area contributed by atoms with Crippen LogP contribution in [0.1, 0.15) is 21.7 Å². The third kappa shape index (κ3) is 3.77. The van der Waals surface area contributed by atoms with E-state index >= 15 is 0 Å². The Morgan fingerprint density at radius 3 is 2.58 bits per heavy atom. The molecule has 0 bridgehead atoms. The minimum absolute atomic E-state index is 0.296. The number of hydrogen-bond donors (Lipinski definition) is 1. The lowest BCUT2D eigenvalue weighted by Crippen LogP contribution is -2.21. The molecule has 0 saturated heterocycles. The fourth-order valence-electron chi connectivity index (χ4n) is 2.52. The maximum atomic E-state index is 12.2. The Bertz CT molecular complexity index is 921. The van der Waals surface area contributed by atoms with Crippen molar-refractivity contribution in [2.45, 2.75) is 13.8 Å². The van der Waals surface area contributed by atoms with E-state index in [9.17, 15) is 9.59 Å². The number of hydrogen-bond acceptors (Lipinski definition) is 5. The third-order valence-electron chi connectivity index (χ3n) is 3.79. The van der Waals surface area contributed by atoms with Crippen LogP contribution in [0, 0.1) is 13.8 Å². The highest BCUT2D eigenvalue weighted by molar-refractivity contribution is 5.96. The first-order chi connectivity index (χ1) is 12.6. The molecule has 1 amide bonds. The number of aromatic nitrogens is 3. The highest BCUT2D eigenvalue weighted by Crippen LogP contribution is 2.22. The molecule has 2 aromatic heterocycles. The number of rotatable bonds is 5. The smallest absolute Gasteiger partial charge is 0.340 e. The van der Waals surface area contributed by atoms with E-state index in [0.717, 1.165) is 11.4 Å². The largest absolute Gasteiger partial charge is 0.452 e. The zero-order valence-corrected chi connectivity index (χ0v) is 14.5. The van der Waals surface area contributed by atoms with Gasteiger partial charge in [-0.3, -0.25) is 9.78 Å². The van der Waals surface area contributed by atoms with Gasteiger partial charge in [0.15, 0.2) is 6.61 Å². The third-order valence-corrected chi connectivity index (χ3v) is 3.79. The van der Waals surface area contributed by atoms with Crippen LogP contribution in [0.2, 0.25) is 0 Å². The van der Waals surface area contributed by atoms with Gasteiger partial charge in [0.05, 0.1) is 28.3 Å². The lowest BCUT2D eigenvalue weighted by molar-refractivity contribution is -0.119. The van der Waals surface area contributed by atoms with Gasteiger partial charge in [-0.15, -0.1) is 0 Å². The van der Waals surface area contributed by atoms with Crippen LogP contribution in [0.3, 0.4) is 0 Å². The monoisotopic (exact) mass is 350 g/mol. The summed E-state index contributed by atoms with van der Waals surface area (Å²) in [6.45, 7) is 3.29. The zero-order chi connectivity index (χ0) is 18.5. The highest BCUT2D eigenvalue weighted by atomic mass is 16.5. The molecular formula is C19H18N4O3.